The maximum absolute atomic E-state index is 5.63. The number of hydrogen-bond donors (Lipinski definition) is 2. The van der Waals surface area contributed by atoms with Crippen LogP contribution in [0.15, 0.2) is 42.6 Å². The molecule has 0 amide bonds. The predicted molar refractivity (Wildman–Crippen MR) is 88.1 cm³/mol. The van der Waals surface area contributed by atoms with Crippen molar-refractivity contribution < 1.29 is 0 Å². The standard InChI is InChI=1S/C16H21N5/c1-20-8-10-21(11-9-20)15-5-3-14(4-6-15)19-16-7-2-13(17)12-18-16/h2-7,12H,8-11,17H2,1H3,(H,18,19). The maximum atomic E-state index is 5.63. The Morgan fingerprint density at radius 3 is 2.33 bits per heavy atom. The van der Waals surface area contributed by atoms with Gasteiger partial charge in [0.05, 0.1) is 11.9 Å². The highest BCUT2D eigenvalue weighted by Crippen LogP contribution is 2.21. The third-order valence-corrected chi connectivity index (χ3v) is 3.79. The molecule has 3 N–H and O–H groups in total. The highest BCUT2D eigenvalue weighted by Gasteiger charge is 2.13. The topological polar surface area (TPSA) is 57.4 Å². The molecule has 5 heteroatoms. The number of aromatic nitrogens is 1. The first-order chi connectivity index (χ1) is 10.2. The van der Waals surface area contributed by atoms with E-state index in [1.54, 1.807) is 6.20 Å². The quantitative estimate of drug-likeness (QED) is 0.904. The lowest BCUT2D eigenvalue weighted by molar-refractivity contribution is 0.313. The van der Waals surface area contributed by atoms with Crippen molar-refractivity contribution in [1.82, 2.24) is 9.88 Å². The lowest BCUT2D eigenvalue weighted by Crippen LogP contribution is -2.44. The van der Waals surface area contributed by atoms with Crippen molar-refractivity contribution in [2.75, 3.05) is 49.2 Å². The summed E-state index contributed by atoms with van der Waals surface area (Å²) < 4.78 is 0. The van der Waals surface area contributed by atoms with Crippen LogP contribution >= 0.6 is 0 Å². The van der Waals surface area contributed by atoms with Crippen LogP contribution < -0.4 is 16.0 Å². The highest BCUT2D eigenvalue weighted by atomic mass is 15.2. The number of nitrogens with zero attached hydrogens (tertiary/aromatic N) is 3. The van der Waals surface area contributed by atoms with Gasteiger partial charge in [-0.1, -0.05) is 0 Å². The molecule has 2 aromatic rings. The molecule has 0 bridgehead atoms. The molecule has 2 heterocycles. The Labute approximate surface area is 125 Å². The summed E-state index contributed by atoms with van der Waals surface area (Å²) in [5.74, 6) is 0.802. The molecule has 1 aliphatic heterocycles. The fourth-order valence-electron chi connectivity index (χ4n) is 2.45. The van der Waals surface area contributed by atoms with Gasteiger partial charge in [-0.05, 0) is 43.4 Å². The highest BCUT2D eigenvalue weighted by molar-refractivity contribution is 5.61. The first kappa shape index (κ1) is 13.7. The summed E-state index contributed by atoms with van der Waals surface area (Å²) >= 11 is 0. The summed E-state index contributed by atoms with van der Waals surface area (Å²) in [5.41, 5.74) is 8.61. The summed E-state index contributed by atoms with van der Waals surface area (Å²) in [7, 11) is 2.17. The van der Waals surface area contributed by atoms with Crippen LogP contribution in [0.3, 0.4) is 0 Å². The average molecular weight is 283 g/mol. The minimum absolute atomic E-state index is 0.672. The van der Waals surface area contributed by atoms with Gasteiger partial charge in [-0.25, -0.2) is 4.98 Å². The van der Waals surface area contributed by atoms with Crippen LogP contribution in [0.2, 0.25) is 0 Å². The van der Waals surface area contributed by atoms with Crippen LogP contribution in [-0.2, 0) is 0 Å². The van der Waals surface area contributed by atoms with E-state index < -0.39 is 0 Å². The Bertz CT molecular complexity index is 571. The molecule has 1 fully saturated rings. The number of anilines is 4. The zero-order chi connectivity index (χ0) is 14.7. The van der Waals surface area contributed by atoms with Gasteiger partial charge in [0.2, 0.25) is 0 Å². The third-order valence-electron chi connectivity index (χ3n) is 3.79. The van der Waals surface area contributed by atoms with Gasteiger partial charge in [-0.2, -0.15) is 0 Å². The normalized spacial score (nSPS) is 16.0. The Hall–Kier alpha value is -2.27. The average Bonchev–Trinajstić information content (AvgIpc) is 2.51. The molecule has 110 valence electrons. The van der Waals surface area contributed by atoms with Crippen LogP contribution in [0.5, 0.6) is 0 Å². The number of piperazine rings is 1. The van der Waals surface area contributed by atoms with E-state index in [0.717, 1.165) is 37.7 Å². The minimum Gasteiger partial charge on any atom is -0.397 e. The molecule has 0 aliphatic carbocycles. The molecule has 0 spiro atoms. The number of nitrogens with one attached hydrogen (secondary N) is 1. The molecule has 0 radical (unpaired) electrons. The summed E-state index contributed by atoms with van der Waals surface area (Å²) in [6.07, 6.45) is 1.65. The number of nitrogens with two attached hydrogens (primary N) is 1. The molecule has 1 aromatic heterocycles. The van der Waals surface area contributed by atoms with E-state index >= 15 is 0 Å². The van der Waals surface area contributed by atoms with Gasteiger partial charge < -0.3 is 20.9 Å². The molecule has 0 saturated carbocycles. The van der Waals surface area contributed by atoms with Gasteiger partial charge >= 0.3 is 0 Å². The first-order valence-electron chi connectivity index (χ1n) is 7.23. The van der Waals surface area contributed by atoms with E-state index in [4.69, 9.17) is 5.73 Å². The Morgan fingerprint density at radius 2 is 1.71 bits per heavy atom. The Morgan fingerprint density at radius 1 is 1.00 bits per heavy atom. The molecule has 1 aliphatic rings. The van der Waals surface area contributed by atoms with Crippen molar-refractivity contribution in [3.8, 4) is 0 Å². The maximum Gasteiger partial charge on any atom is 0.130 e. The lowest BCUT2D eigenvalue weighted by atomic mass is 10.2. The van der Waals surface area contributed by atoms with Gasteiger partial charge in [0.15, 0.2) is 0 Å². The molecule has 0 unspecified atom stereocenters. The molecule has 1 saturated heterocycles. The number of pyridine rings is 1. The molecular formula is C16H21N5. The van der Waals surface area contributed by atoms with Crippen LogP contribution in [0.4, 0.5) is 22.9 Å². The molecule has 21 heavy (non-hydrogen) atoms. The van der Waals surface area contributed by atoms with Gasteiger partial charge in [0, 0.05) is 37.6 Å². The number of likely N-dealkylation sites (N-methyl/N-ethyl adjacent to an activating group) is 1. The van der Waals surface area contributed by atoms with Crippen LogP contribution in [0, 0.1) is 0 Å². The fraction of sp³-hybridized carbons (Fsp3) is 0.312. The van der Waals surface area contributed by atoms with Gasteiger partial charge in [0.25, 0.3) is 0 Å². The zero-order valence-electron chi connectivity index (χ0n) is 12.3. The zero-order valence-corrected chi connectivity index (χ0v) is 12.3. The first-order valence-corrected chi connectivity index (χ1v) is 7.23. The largest absolute Gasteiger partial charge is 0.397 e. The monoisotopic (exact) mass is 283 g/mol. The molecule has 3 rings (SSSR count). The van der Waals surface area contributed by atoms with Gasteiger partial charge in [0.1, 0.15) is 5.82 Å². The molecular weight excluding hydrogens is 262 g/mol. The lowest BCUT2D eigenvalue weighted by Gasteiger charge is -2.34. The van der Waals surface area contributed by atoms with E-state index in [9.17, 15) is 0 Å². The summed E-state index contributed by atoms with van der Waals surface area (Å²) in [6, 6.07) is 12.2. The van der Waals surface area contributed by atoms with E-state index in [1.807, 2.05) is 12.1 Å². The molecule has 5 nitrogen and oxygen atoms in total. The summed E-state index contributed by atoms with van der Waals surface area (Å²) in [4.78, 5) is 9.02. The van der Waals surface area contributed by atoms with Crippen molar-refractivity contribution in [3.05, 3.63) is 42.6 Å². The second-order valence-electron chi connectivity index (χ2n) is 5.44. The number of hydrogen-bond acceptors (Lipinski definition) is 5. The van der Waals surface area contributed by atoms with Crippen LogP contribution in [0.25, 0.3) is 0 Å². The Balaban J connectivity index is 1.65. The second-order valence-corrected chi connectivity index (χ2v) is 5.44. The summed E-state index contributed by atoms with van der Waals surface area (Å²) in [6.45, 7) is 4.41. The van der Waals surface area contributed by atoms with E-state index in [1.165, 1.54) is 5.69 Å². The third kappa shape index (κ3) is 3.44. The number of benzene rings is 1. The number of rotatable bonds is 3. The van der Waals surface area contributed by atoms with Crippen molar-refractivity contribution >= 4 is 22.9 Å². The van der Waals surface area contributed by atoms with Crippen molar-refractivity contribution in [1.29, 1.82) is 0 Å². The van der Waals surface area contributed by atoms with Crippen molar-refractivity contribution in [3.63, 3.8) is 0 Å². The van der Waals surface area contributed by atoms with Crippen molar-refractivity contribution in [2.24, 2.45) is 0 Å². The molecule has 1 aromatic carbocycles. The predicted octanol–water partition coefficient (Wildman–Crippen LogP) is 2.16. The Kier molecular flexibility index (Phi) is 3.92. The van der Waals surface area contributed by atoms with Gasteiger partial charge in [-0.15, -0.1) is 0 Å². The van der Waals surface area contributed by atoms with E-state index in [2.05, 4.69) is 51.4 Å². The van der Waals surface area contributed by atoms with Gasteiger partial charge in [-0.3, -0.25) is 0 Å². The fourth-order valence-corrected chi connectivity index (χ4v) is 2.45. The summed E-state index contributed by atoms with van der Waals surface area (Å²) in [5, 5.41) is 3.27. The SMILES string of the molecule is CN1CCN(c2ccc(Nc3ccc(N)cn3)cc2)CC1. The van der Waals surface area contributed by atoms with Crippen LogP contribution in [0.1, 0.15) is 0 Å². The van der Waals surface area contributed by atoms with Crippen molar-refractivity contribution in [2.45, 2.75) is 0 Å². The second kappa shape index (κ2) is 6.01. The molecule has 0 atom stereocenters. The van der Waals surface area contributed by atoms with Crippen LogP contribution in [-0.4, -0.2) is 43.1 Å². The van der Waals surface area contributed by atoms with E-state index in [-0.39, 0.29) is 0 Å². The minimum atomic E-state index is 0.672. The number of nitrogen functional groups attached to an aromatic ring is 1. The smallest absolute Gasteiger partial charge is 0.130 e. The van der Waals surface area contributed by atoms with E-state index in [0.29, 0.717) is 5.69 Å².